The van der Waals surface area contributed by atoms with Crippen LogP contribution in [0.25, 0.3) is 0 Å². The zero-order valence-electron chi connectivity index (χ0n) is 9.06. The van der Waals surface area contributed by atoms with Crippen LogP contribution in [0, 0.1) is 0 Å². The maximum atomic E-state index is 11.3. The summed E-state index contributed by atoms with van der Waals surface area (Å²) in [7, 11) is 1.22. The first-order chi connectivity index (χ1) is 7.65. The number of rotatable bonds is 3. The molecule has 0 spiro atoms. The number of Topliss-reactive ketones (excluding diaryl/α,β-unsaturated/α-hetero) is 1. The van der Waals surface area contributed by atoms with Crippen molar-refractivity contribution in [2.75, 3.05) is 7.11 Å². The molecule has 0 radical (unpaired) electrons. The van der Waals surface area contributed by atoms with Crippen LogP contribution in [0.2, 0.25) is 0 Å². The van der Waals surface area contributed by atoms with Gasteiger partial charge in [-0.05, 0) is 0 Å². The van der Waals surface area contributed by atoms with Gasteiger partial charge in [0.2, 0.25) is 0 Å². The quantitative estimate of drug-likeness (QED) is 0.617. The summed E-state index contributed by atoms with van der Waals surface area (Å²) < 4.78 is 4.35. The Morgan fingerprint density at radius 2 is 1.88 bits per heavy atom. The highest BCUT2D eigenvalue weighted by Crippen LogP contribution is 2.01. The van der Waals surface area contributed by atoms with Gasteiger partial charge in [-0.2, -0.15) is 5.10 Å². The van der Waals surface area contributed by atoms with E-state index < -0.39 is 6.09 Å². The van der Waals surface area contributed by atoms with Gasteiger partial charge in [0.1, 0.15) is 5.71 Å². The summed E-state index contributed by atoms with van der Waals surface area (Å²) >= 11 is 0. The van der Waals surface area contributed by atoms with E-state index in [4.69, 9.17) is 0 Å². The lowest BCUT2D eigenvalue weighted by molar-refractivity contribution is -0.111. The Morgan fingerprint density at radius 1 is 1.25 bits per heavy atom. The molecule has 0 unspecified atom stereocenters. The Kier molecular flexibility index (Phi) is 4.20. The number of nitrogens with one attached hydrogen (secondary N) is 1. The number of benzene rings is 1. The molecule has 0 aliphatic heterocycles. The van der Waals surface area contributed by atoms with Gasteiger partial charge >= 0.3 is 6.09 Å². The van der Waals surface area contributed by atoms with Crippen molar-refractivity contribution in [2.24, 2.45) is 5.10 Å². The first kappa shape index (κ1) is 11.9. The molecule has 5 nitrogen and oxygen atoms in total. The van der Waals surface area contributed by atoms with Crippen molar-refractivity contribution >= 4 is 17.6 Å². The highest BCUT2D eigenvalue weighted by atomic mass is 16.5. The zero-order chi connectivity index (χ0) is 12.0. The smallest absolute Gasteiger partial charge is 0.427 e. The van der Waals surface area contributed by atoms with Crippen LogP contribution in [0.15, 0.2) is 35.4 Å². The third-order valence-corrected chi connectivity index (χ3v) is 1.83. The Balaban J connectivity index is 2.92. The monoisotopic (exact) mass is 220 g/mol. The number of carbonyl (C=O) groups excluding carboxylic acids is 2. The van der Waals surface area contributed by atoms with Gasteiger partial charge in [-0.15, -0.1) is 0 Å². The standard InChI is InChI=1S/C11H12N2O3/c1-8(14)10(12-13-11(15)16-2)9-6-4-3-5-7-9/h3-7H,1-2H3,(H,13,15). The van der Waals surface area contributed by atoms with Crippen molar-refractivity contribution in [3.8, 4) is 0 Å². The van der Waals surface area contributed by atoms with Crippen molar-refractivity contribution in [3.05, 3.63) is 35.9 Å². The van der Waals surface area contributed by atoms with Gasteiger partial charge in [0, 0.05) is 12.5 Å². The van der Waals surface area contributed by atoms with E-state index >= 15 is 0 Å². The van der Waals surface area contributed by atoms with E-state index in [-0.39, 0.29) is 11.5 Å². The molecule has 16 heavy (non-hydrogen) atoms. The van der Waals surface area contributed by atoms with Crippen LogP contribution >= 0.6 is 0 Å². The molecular formula is C11H12N2O3. The molecule has 0 aliphatic carbocycles. The number of methoxy groups -OCH3 is 1. The van der Waals surface area contributed by atoms with Gasteiger partial charge in [0.05, 0.1) is 7.11 Å². The molecule has 1 aromatic rings. The lowest BCUT2D eigenvalue weighted by Crippen LogP contribution is -2.22. The fourth-order valence-electron chi connectivity index (χ4n) is 1.09. The normalized spacial score (nSPS) is 10.8. The number of ketones is 1. The number of nitrogens with zero attached hydrogens (tertiary/aromatic N) is 1. The molecule has 1 amide bonds. The molecular weight excluding hydrogens is 208 g/mol. The van der Waals surface area contributed by atoms with E-state index in [0.717, 1.165) is 0 Å². The summed E-state index contributed by atoms with van der Waals surface area (Å²) in [5.74, 6) is -0.234. The number of carbonyl (C=O) groups is 2. The largest absolute Gasteiger partial charge is 0.452 e. The Morgan fingerprint density at radius 3 is 2.38 bits per heavy atom. The number of ether oxygens (including phenoxy) is 1. The molecule has 84 valence electrons. The van der Waals surface area contributed by atoms with Gasteiger partial charge in [0.15, 0.2) is 5.78 Å². The fourth-order valence-corrected chi connectivity index (χ4v) is 1.09. The van der Waals surface area contributed by atoms with Crippen molar-refractivity contribution in [1.82, 2.24) is 5.43 Å². The molecule has 5 heteroatoms. The van der Waals surface area contributed by atoms with E-state index in [2.05, 4.69) is 15.3 Å². The number of hydrogen-bond donors (Lipinski definition) is 1. The maximum absolute atomic E-state index is 11.3. The van der Waals surface area contributed by atoms with Gasteiger partial charge in [0.25, 0.3) is 0 Å². The summed E-state index contributed by atoms with van der Waals surface area (Å²) in [6.07, 6.45) is -0.713. The third-order valence-electron chi connectivity index (χ3n) is 1.83. The minimum atomic E-state index is -0.713. The average Bonchev–Trinajstić information content (AvgIpc) is 2.30. The minimum Gasteiger partial charge on any atom is -0.452 e. The van der Waals surface area contributed by atoms with E-state index in [1.54, 1.807) is 24.3 Å². The summed E-state index contributed by atoms with van der Waals surface area (Å²) in [4.78, 5) is 22.1. The lowest BCUT2D eigenvalue weighted by Gasteiger charge is -2.03. The molecule has 0 aromatic heterocycles. The summed E-state index contributed by atoms with van der Waals surface area (Å²) in [5, 5.41) is 3.71. The summed E-state index contributed by atoms with van der Waals surface area (Å²) in [5.41, 5.74) is 2.95. The molecule has 1 aromatic carbocycles. The first-order valence-corrected chi connectivity index (χ1v) is 4.63. The lowest BCUT2D eigenvalue weighted by atomic mass is 10.1. The number of hydrogen-bond acceptors (Lipinski definition) is 4. The van der Waals surface area contributed by atoms with Crippen molar-refractivity contribution in [3.63, 3.8) is 0 Å². The van der Waals surface area contributed by atoms with E-state index in [1.165, 1.54) is 14.0 Å². The topological polar surface area (TPSA) is 67.8 Å². The average molecular weight is 220 g/mol. The van der Waals surface area contributed by atoms with Crippen LogP contribution in [-0.2, 0) is 9.53 Å². The number of amides is 1. The van der Waals surface area contributed by atoms with Crippen LogP contribution < -0.4 is 5.43 Å². The van der Waals surface area contributed by atoms with Crippen molar-refractivity contribution in [1.29, 1.82) is 0 Å². The molecule has 0 fully saturated rings. The second kappa shape index (κ2) is 5.65. The van der Waals surface area contributed by atoms with E-state index in [0.29, 0.717) is 5.56 Å². The van der Waals surface area contributed by atoms with E-state index in [1.807, 2.05) is 6.07 Å². The van der Waals surface area contributed by atoms with Gasteiger partial charge in [-0.1, -0.05) is 30.3 Å². The molecule has 0 heterocycles. The molecule has 1 N–H and O–H groups in total. The zero-order valence-corrected chi connectivity index (χ0v) is 9.06. The molecule has 0 saturated carbocycles. The minimum absolute atomic E-state index is 0.186. The highest BCUT2D eigenvalue weighted by Gasteiger charge is 2.09. The summed E-state index contributed by atoms with van der Waals surface area (Å²) in [6, 6.07) is 8.87. The Hall–Kier alpha value is -2.17. The predicted octanol–water partition coefficient (Wildman–Crippen LogP) is 1.34. The van der Waals surface area contributed by atoms with E-state index in [9.17, 15) is 9.59 Å². The summed E-state index contributed by atoms with van der Waals surface area (Å²) in [6.45, 7) is 1.38. The predicted molar refractivity (Wildman–Crippen MR) is 59.2 cm³/mol. The molecule has 0 saturated heterocycles. The maximum Gasteiger partial charge on any atom is 0.427 e. The molecule has 1 rings (SSSR count). The van der Waals surface area contributed by atoms with Crippen LogP contribution in [0.5, 0.6) is 0 Å². The van der Waals surface area contributed by atoms with Gasteiger partial charge < -0.3 is 4.74 Å². The first-order valence-electron chi connectivity index (χ1n) is 4.63. The van der Waals surface area contributed by atoms with Crippen LogP contribution in [0.3, 0.4) is 0 Å². The van der Waals surface area contributed by atoms with Crippen LogP contribution in [0.1, 0.15) is 12.5 Å². The van der Waals surface area contributed by atoms with Crippen LogP contribution in [-0.4, -0.2) is 24.7 Å². The second-order valence-electron chi connectivity index (χ2n) is 2.99. The highest BCUT2D eigenvalue weighted by molar-refractivity contribution is 6.45. The molecule has 0 bridgehead atoms. The van der Waals surface area contributed by atoms with Crippen molar-refractivity contribution in [2.45, 2.75) is 6.92 Å². The SMILES string of the molecule is COC(=O)NN=C(C(C)=O)c1ccccc1. The van der Waals surface area contributed by atoms with Gasteiger partial charge in [-0.3, -0.25) is 4.79 Å². The second-order valence-corrected chi connectivity index (χ2v) is 2.99. The Labute approximate surface area is 93.1 Å². The molecule has 0 aliphatic rings. The van der Waals surface area contributed by atoms with Gasteiger partial charge in [-0.25, -0.2) is 10.2 Å². The third kappa shape index (κ3) is 3.20. The molecule has 0 atom stereocenters. The van der Waals surface area contributed by atoms with Crippen LogP contribution in [0.4, 0.5) is 4.79 Å². The fraction of sp³-hybridized carbons (Fsp3) is 0.182. The van der Waals surface area contributed by atoms with Crippen molar-refractivity contribution < 1.29 is 14.3 Å². The Bertz CT molecular complexity index is 412. The number of hydrazone groups is 1.